The number of benzene rings is 2. The first-order chi connectivity index (χ1) is 13.6. The molecule has 1 saturated carbocycles. The fraction of sp³-hybridized carbons (Fsp3) is 0.286. The molecule has 0 bridgehead atoms. The van der Waals surface area contributed by atoms with E-state index in [0.29, 0.717) is 17.8 Å². The molecule has 7 nitrogen and oxygen atoms in total. The molecule has 0 heterocycles. The highest BCUT2D eigenvalue weighted by atomic mass is 16.2. The second-order valence-corrected chi connectivity index (χ2v) is 6.72. The predicted molar refractivity (Wildman–Crippen MR) is 107 cm³/mol. The van der Waals surface area contributed by atoms with Gasteiger partial charge in [-0.3, -0.25) is 9.59 Å². The monoisotopic (exact) mass is 380 g/mol. The molecule has 146 valence electrons. The second-order valence-electron chi connectivity index (χ2n) is 6.72. The van der Waals surface area contributed by atoms with Crippen molar-refractivity contribution in [3.63, 3.8) is 0 Å². The average molecular weight is 380 g/mol. The lowest BCUT2D eigenvalue weighted by atomic mass is 10.2. The van der Waals surface area contributed by atoms with Gasteiger partial charge in [-0.1, -0.05) is 30.3 Å². The van der Waals surface area contributed by atoms with Crippen LogP contribution in [0.4, 0.5) is 10.5 Å². The van der Waals surface area contributed by atoms with Crippen LogP contribution in [-0.4, -0.2) is 30.4 Å². The number of nitrogens with one attached hydrogen (secondary N) is 4. The predicted octanol–water partition coefficient (Wildman–Crippen LogP) is 2.41. The summed E-state index contributed by atoms with van der Waals surface area (Å²) >= 11 is 0. The molecule has 1 aliphatic rings. The van der Waals surface area contributed by atoms with Crippen LogP contribution < -0.4 is 21.3 Å². The number of amides is 4. The lowest BCUT2D eigenvalue weighted by Crippen LogP contribution is -2.31. The quantitative estimate of drug-likeness (QED) is 0.566. The summed E-state index contributed by atoms with van der Waals surface area (Å²) in [7, 11) is 0. The van der Waals surface area contributed by atoms with Crippen molar-refractivity contribution in [2.45, 2.75) is 31.8 Å². The number of hydrogen-bond donors (Lipinski definition) is 4. The Labute approximate surface area is 163 Å². The first-order valence-electron chi connectivity index (χ1n) is 9.36. The highest BCUT2D eigenvalue weighted by molar-refractivity contribution is 5.95. The molecule has 0 saturated heterocycles. The van der Waals surface area contributed by atoms with Gasteiger partial charge in [-0.2, -0.15) is 0 Å². The van der Waals surface area contributed by atoms with Crippen molar-refractivity contribution in [2.24, 2.45) is 0 Å². The van der Waals surface area contributed by atoms with Gasteiger partial charge in [0.25, 0.3) is 5.91 Å². The molecule has 1 fully saturated rings. The van der Waals surface area contributed by atoms with Crippen molar-refractivity contribution in [2.75, 3.05) is 11.9 Å². The van der Waals surface area contributed by atoms with Gasteiger partial charge in [0.2, 0.25) is 5.91 Å². The van der Waals surface area contributed by atoms with E-state index in [-0.39, 0.29) is 36.9 Å². The molecule has 0 atom stereocenters. The zero-order valence-electron chi connectivity index (χ0n) is 15.5. The molecular formula is C21H24N4O3. The first kappa shape index (κ1) is 19.4. The highest BCUT2D eigenvalue weighted by Gasteiger charge is 2.23. The van der Waals surface area contributed by atoms with Crippen molar-refractivity contribution in [3.8, 4) is 0 Å². The summed E-state index contributed by atoms with van der Waals surface area (Å²) in [5.74, 6) is -0.379. The highest BCUT2D eigenvalue weighted by Crippen LogP contribution is 2.19. The van der Waals surface area contributed by atoms with Gasteiger partial charge in [0, 0.05) is 36.8 Å². The Hall–Kier alpha value is -3.35. The summed E-state index contributed by atoms with van der Waals surface area (Å²) in [5.41, 5.74) is 2.12. The maximum absolute atomic E-state index is 12.2. The Bertz CT molecular complexity index is 817. The van der Waals surface area contributed by atoms with E-state index in [9.17, 15) is 14.4 Å². The maximum Gasteiger partial charge on any atom is 0.319 e. The Balaban J connectivity index is 1.35. The number of carbonyl (C=O) groups is 3. The number of carbonyl (C=O) groups excluding carboxylic acids is 3. The van der Waals surface area contributed by atoms with Crippen LogP contribution in [-0.2, 0) is 11.3 Å². The third-order valence-corrected chi connectivity index (χ3v) is 4.29. The van der Waals surface area contributed by atoms with Crippen LogP contribution in [0.2, 0.25) is 0 Å². The van der Waals surface area contributed by atoms with E-state index < -0.39 is 0 Å². The molecule has 0 aliphatic heterocycles. The molecule has 2 aromatic rings. The average Bonchev–Trinajstić information content (AvgIpc) is 3.51. The van der Waals surface area contributed by atoms with Crippen molar-refractivity contribution in [1.82, 2.24) is 16.0 Å². The molecular weight excluding hydrogens is 356 g/mol. The maximum atomic E-state index is 12.2. The van der Waals surface area contributed by atoms with Crippen molar-refractivity contribution in [3.05, 3.63) is 65.7 Å². The molecule has 4 amide bonds. The third-order valence-electron chi connectivity index (χ3n) is 4.29. The smallest absolute Gasteiger partial charge is 0.319 e. The summed E-state index contributed by atoms with van der Waals surface area (Å²) in [6.07, 6.45) is 2.26. The molecule has 0 spiro atoms. The fourth-order valence-corrected chi connectivity index (χ4v) is 2.56. The third kappa shape index (κ3) is 6.42. The van der Waals surface area contributed by atoms with Gasteiger partial charge >= 0.3 is 6.03 Å². The number of rotatable bonds is 8. The standard InChI is InChI=1S/C21H24N4O3/c26-19(23-14-15-4-2-1-3-5-15)12-13-22-20(27)16-6-8-17(9-7-16)24-21(28)25-18-10-11-18/h1-9,18H,10-14H2,(H,22,27)(H,23,26)(H2,24,25,28). The van der Waals surface area contributed by atoms with Gasteiger partial charge in [-0.15, -0.1) is 0 Å². The zero-order valence-corrected chi connectivity index (χ0v) is 15.5. The van der Waals surface area contributed by atoms with Gasteiger partial charge in [0.1, 0.15) is 0 Å². The Kier molecular flexibility index (Phi) is 6.62. The normalized spacial score (nSPS) is 12.7. The Morgan fingerprint density at radius 2 is 1.61 bits per heavy atom. The topological polar surface area (TPSA) is 99.3 Å². The molecule has 1 aliphatic carbocycles. The van der Waals surface area contributed by atoms with E-state index in [1.165, 1.54) is 0 Å². The van der Waals surface area contributed by atoms with Gasteiger partial charge in [0.05, 0.1) is 0 Å². The molecule has 3 rings (SSSR count). The van der Waals surface area contributed by atoms with Crippen LogP contribution in [0.3, 0.4) is 0 Å². The lowest BCUT2D eigenvalue weighted by Gasteiger charge is -2.09. The first-order valence-corrected chi connectivity index (χ1v) is 9.36. The largest absolute Gasteiger partial charge is 0.352 e. The van der Waals surface area contributed by atoms with E-state index in [0.717, 1.165) is 18.4 Å². The molecule has 7 heteroatoms. The molecule has 0 unspecified atom stereocenters. The second kappa shape index (κ2) is 9.55. The van der Waals surface area contributed by atoms with Crippen LogP contribution >= 0.6 is 0 Å². The molecule has 4 N–H and O–H groups in total. The van der Waals surface area contributed by atoms with E-state index in [1.807, 2.05) is 30.3 Å². The van der Waals surface area contributed by atoms with Crippen LogP contribution in [0.1, 0.15) is 35.2 Å². The molecule has 0 radical (unpaired) electrons. The summed E-state index contributed by atoms with van der Waals surface area (Å²) in [5, 5.41) is 11.1. The zero-order chi connectivity index (χ0) is 19.8. The van der Waals surface area contributed by atoms with E-state index in [1.54, 1.807) is 24.3 Å². The number of anilines is 1. The minimum atomic E-state index is -0.259. The van der Waals surface area contributed by atoms with E-state index >= 15 is 0 Å². The van der Waals surface area contributed by atoms with Crippen LogP contribution in [0.15, 0.2) is 54.6 Å². The van der Waals surface area contributed by atoms with E-state index in [4.69, 9.17) is 0 Å². The Morgan fingerprint density at radius 3 is 2.29 bits per heavy atom. The molecule has 28 heavy (non-hydrogen) atoms. The van der Waals surface area contributed by atoms with Gasteiger partial charge < -0.3 is 21.3 Å². The minimum Gasteiger partial charge on any atom is -0.352 e. The fourth-order valence-electron chi connectivity index (χ4n) is 2.56. The van der Waals surface area contributed by atoms with Crippen LogP contribution in [0, 0.1) is 0 Å². The molecule has 2 aromatic carbocycles. The van der Waals surface area contributed by atoms with Crippen LogP contribution in [0.5, 0.6) is 0 Å². The van der Waals surface area contributed by atoms with Crippen LogP contribution in [0.25, 0.3) is 0 Å². The summed E-state index contributed by atoms with van der Waals surface area (Å²) in [4.78, 5) is 35.7. The number of hydrogen-bond acceptors (Lipinski definition) is 3. The van der Waals surface area contributed by atoms with Crippen molar-refractivity contribution >= 4 is 23.5 Å². The summed E-state index contributed by atoms with van der Waals surface area (Å²) in [6.45, 7) is 0.722. The van der Waals surface area contributed by atoms with Crippen molar-refractivity contribution < 1.29 is 14.4 Å². The van der Waals surface area contributed by atoms with Gasteiger partial charge in [-0.05, 0) is 42.7 Å². The van der Waals surface area contributed by atoms with Gasteiger partial charge in [-0.25, -0.2) is 4.79 Å². The number of urea groups is 1. The minimum absolute atomic E-state index is 0.120. The van der Waals surface area contributed by atoms with E-state index in [2.05, 4.69) is 21.3 Å². The summed E-state index contributed by atoms with van der Waals surface area (Å²) < 4.78 is 0. The lowest BCUT2D eigenvalue weighted by molar-refractivity contribution is -0.121. The molecule has 0 aromatic heterocycles. The summed E-state index contributed by atoms with van der Waals surface area (Å²) in [6, 6.07) is 16.3. The van der Waals surface area contributed by atoms with Crippen molar-refractivity contribution in [1.29, 1.82) is 0 Å². The Morgan fingerprint density at radius 1 is 0.893 bits per heavy atom. The SMILES string of the molecule is O=C(CCNC(=O)c1ccc(NC(=O)NC2CC2)cc1)NCc1ccccc1. The van der Waals surface area contributed by atoms with Gasteiger partial charge in [0.15, 0.2) is 0 Å².